The SMILES string of the molecule is COC(=O)C[C@@H]1N=C(c2ccc(N3CC[C@@H](C(=O)O)C3)cc2)c2c(sc(C)c2C)-n2c(C)nnc21. The number of carbonyl (C=O) groups excluding carboxylic acids is 1. The molecule has 1 aromatic carbocycles. The highest BCUT2D eigenvalue weighted by Crippen LogP contribution is 2.39. The Labute approximate surface area is 207 Å². The molecule has 2 aliphatic rings. The highest BCUT2D eigenvalue weighted by Gasteiger charge is 2.33. The number of benzene rings is 1. The smallest absolute Gasteiger partial charge is 0.308 e. The molecule has 0 saturated carbocycles. The number of nitrogens with zero attached hydrogens (tertiary/aromatic N) is 5. The van der Waals surface area contributed by atoms with Crippen LogP contribution in [0.5, 0.6) is 0 Å². The van der Waals surface area contributed by atoms with Gasteiger partial charge in [-0.15, -0.1) is 21.5 Å². The van der Waals surface area contributed by atoms with Crippen molar-refractivity contribution in [1.82, 2.24) is 14.8 Å². The Kier molecular flexibility index (Phi) is 5.92. The van der Waals surface area contributed by atoms with Crippen molar-refractivity contribution in [2.75, 3.05) is 25.1 Å². The van der Waals surface area contributed by atoms with Crippen molar-refractivity contribution in [3.05, 3.63) is 57.5 Å². The van der Waals surface area contributed by atoms with E-state index in [0.717, 1.165) is 45.5 Å². The molecule has 5 rings (SSSR count). The number of aromatic nitrogens is 3. The molecule has 0 aliphatic carbocycles. The van der Waals surface area contributed by atoms with Gasteiger partial charge >= 0.3 is 11.9 Å². The van der Waals surface area contributed by atoms with E-state index in [1.54, 1.807) is 11.3 Å². The number of ether oxygens (including phenoxy) is 1. The largest absolute Gasteiger partial charge is 0.481 e. The third kappa shape index (κ3) is 4.01. The monoisotopic (exact) mass is 493 g/mol. The fourth-order valence-electron chi connectivity index (χ4n) is 4.79. The lowest BCUT2D eigenvalue weighted by molar-refractivity contribution is -0.141. The van der Waals surface area contributed by atoms with E-state index in [1.165, 1.54) is 12.0 Å². The number of aliphatic carboxylic acids is 1. The Morgan fingerprint density at radius 1 is 1.17 bits per heavy atom. The van der Waals surface area contributed by atoms with Crippen LogP contribution in [0.25, 0.3) is 5.00 Å². The molecule has 0 amide bonds. The Bertz CT molecular complexity index is 1340. The highest BCUT2D eigenvalue weighted by atomic mass is 32.1. The van der Waals surface area contributed by atoms with E-state index < -0.39 is 12.0 Å². The first-order chi connectivity index (χ1) is 16.8. The Morgan fingerprint density at radius 3 is 2.57 bits per heavy atom. The van der Waals surface area contributed by atoms with Gasteiger partial charge in [0.1, 0.15) is 16.9 Å². The normalized spacial score (nSPS) is 19.1. The average Bonchev–Trinajstić information content (AvgIpc) is 3.53. The number of aliphatic imine (C=N–C) groups is 1. The first kappa shape index (κ1) is 23.2. The van der Waals surface area contributed by atoms with Crippen molar-refractivity contribution in [3.8, 4) is 5.00 Å². The lowest BCUT2D eigenvalue weighted by Crippen LogP contribution is -2.22. The second-order valence-electron chi connectivity index (χ2n) is 8.99. The van der Waals surface area contributed by atoms with Crippen molar-refractivity contribution in [3.63, 3.8) is 0 Å². The molecular weight excluding hydrogens is 466 g/mol. The molecule has 182 valence electrons. The molecule has 9 nitrogen and oxygen atoms in total. The summed E-state index contributed by atoms with van der Waals surface area (Å²) in [6.07, 6.45) is 0.710. The number of carboxylic acids is 1. The summed E-state index contributed by atoms with van der Waals surface area (Å²) in [7, 11) is 1.37. The third-order valence-corrected chi connectivity index (χ3v) is 8.06. The van der Waals surface area contributed by atoms with Crippen LogP contribution in [0.1, 0.15) is 52.1 Å². The van der Waals surface area contributed by atoms with Crippen LogP contribution in [0.3, 0.4) is 0 Å². The number of rotatable bonds is 5. The summed E-state index contributed by atoms with van der Waals surface area (Å²) in [5, 5.41) is 19.0. The fourth-order valence-corrected chi connectivity index (χ4v) is 6.01. The van der Waals surface area contributed by atoms with Gasteiger partial charge < -0.3 is 14.7 Å². The number of hydrogen-bond acceptors (Lipinski definition) is 8. The van der Waals surface area contributed by atoms with Crippen molar-refractivity contribution in [2.45, 2.75) is 39.7 Å². The lowest BCUT2D eigenvalue weighted by Gasteiger charge is -2.19. The van der Waals surface area contributed by atoms with Crippen LogP contribution in [0, 0.1) is 26.7 Å². The second-order valence-corrected chi connectivity index (χ2v) is 10.2. The zero-order chi connectivity index (χ0) is 24.9. The van der Waals surface area contributed by atoms with Crippen molar-refractivity contribution < 1.29 is 19.4 Å². The number of methoxy groups -OCH3 is 1. The molecule has 0 radical (unpaired) electrons. The molecule has 0 unspecified atom stereocenters. The Morgan fingerprint density at radius 2 is 1.91 bits per heavy atom. The topological polar surface area (TPSA) is 110 Å². The van der Waals surface area contributed by atoms with Gasteiger partial charge in [0.05, 0.1) is 25.2 Å². The molecule has 2 aromatic heterocycles. The Hall–Kier alpha value is -3.53. The lowest BCUT2D eigenvalue weighted by atomic mass is 9.99. The van der Waals surface area contributed by atoms with Crippen LogP contribution in [-0.4, -0.2) is 57.7 Å². The third-order valence-electron chi connectivity index (χ3n) is 6.87. The van der Waals surface area contributed by atoms with Gasteiger partial charge in [0.15, 0.2) is 5.82 Å². The first-order valence-corrected chi connectivity index (χ1v) is 12.4. The average molecular weight is 494 g/mol. The zero-order valence-electron chi connectivity index (χ0n) is 20.1. The molecule has 3 aromatic rings. The Balaban J connectivity index is 1.59. The van der Waals surface area contributed by atoms with Crippen LogP contribution in [0.4, 0.5) is 5.69 Å². The minimum atomic E-state index is -0.744. The molecule has 1 N–H and O–H groups in total. The molecular formula is C25H27N5O4S. The summed E-state index contributed by atoms with van der Waals surface area (Å²) < 4.78 is 6.95. The highest BCUT2D eigenvalue weighted by molar-refractivity contribution is 7.15. The van der Waals surface area contributed by atoms with Gasteiger partial charge in [-0.05, 0) is 44.9 Å². The van der Waals surface area contributed by atoms with Gasteiger partial charge in [0.25, 0.3) is 0 Å². The van der Waals surface area contributed by atoms with Crippen LogP contribution in [0.15, 0.2) is 29.3 Å². The summed E-state index contributed by atoms with van der Waals surface area (Å²) in [5.41, 5.74) is 4.87. The van der Waals surface area contributed by atoms with E-state index in [1.807, 2.05) is 35.8 Å². The predicted octanol–water partition coefficient (Wildman–Crippen LogP) is 3.62. The number of aryl methyl sites for hydroxylation is 2. The molecule has 0 spiro atoms. The van der Waals surface area contributed by atoms with Crippen molar-refractivity contribution in [2.24, 2.45) is 10.9 Å². The standard InChI is InChI=1S/C25H27N5O4S/c1-13-14(2)35-24-21(13)22(26-19(11-20(31)34-4)23-28-27-15(3)30(23)24)16-5-7-18(8-6-16)29-10-9-17(12-29)25(32)33/h5-8,17,19H,9-12H2,1-4H3,(H,32,33)/t17-,19+/m1/s1. The minimum absolute atomic E-state index is 0.0630. The van der Waals surface area contributed by atoms with E-state index in [9.17, 15) is 14.7 Å². The number of thiophene rings is 1. The van der Waals surface area contributed by atoms with Gasteiger partial charge in [-0.25, -0.2) is 0 Å². The summed E-state index contributed by atoms with van der Waals surface area (Å²) in [4.78, 5) is 32.0. The summed E-state index contributed by atoms with van der Waals surface area (Å²) in [6.45, 7) is 7.31. The number of anilines is 1. The summed E-state index contributed by atoms with van der Waals surface area (Å²) in [6, 6.07) is 7.54. The molecule has 1 saturated heterocycles. The van der Waals surface area contributed by atoms with Crippen LogP contribution >= 0.6 is 11.3 Å². The van der Waals surface area contributed by atoms with Crippen molar-refractivity contribution in [1.29, 1.82) is 0 Å². The molecule has 1 fully saturated rings. The summed E-state index contributed by atoms with van der Waals surface area (Å²) >= 11 is 1.67. The molecule has 35 heavy (non-hydrogen) atoms. The zero-order valence-corrected chi connectivity index (χ0v) is 20.9. The quantitative estimate of drug-likeness (QED) is 0.541. The maximum atomic E-state index is 12.3. The maximum Gasteiger partial charge on any atom is 0.308 e. The molecule has 4 heterocycles. The van der Waals surface area contributed by atoms with E-state index in [-0.39, 0.29) is 18.3 Å². The van der Waals surface area contributed by atoms with Crippen LogP contribution < -0.4 is 4.90 Å². The van der Waals surface area contributed by atoms with Crippen molar-refractivity contribution >= 4 is 34.7 Å². The van der Waals surface area contributed by atoms with Crippen LogP contribution in [0.2, 0.25) is 0 Å². The minimum Gasteiger partial charge on any atom is -0.481 e. The number of carbonyl (C=O) groups is 2. The van der Waals surface area contributed by atoms with E-state index in [0.29, 0.717) is 18.8 Å². The molecule has 10 heteroatoms. The maximum absolute atomic E-state index is 12.3. The number of esters is 1. The van der Waals surface area contributed by atoms with E-state index >= 15 is 0 Å². The number of hydrogen-bond donors (Lipinski definition) is 1. The van der Waals surface area contributed by atoms with Gasteiger partial charge in [0, 0.05) is 34.8 Å². The van der Waals surface area contributed by atoms with Gasteiger partial charge in [-0.1, -0.05) is 12.1 Å². The fraction of sp³-hybridized carbons (Fsp3) is 0.400. The van der Waals surface area contributed by atoms with E-state index in [2.05, 4.69) is 28.9 Å². The van der Waals surface area contributed by atoms with Gasteiger partial charge in [-0.3, -0.25) is 19.1 Å². The first-order valence-electron chi connectivity index (χ1n) is 11.5. The summed E-state index contributed by atoms with van der Waals surface area (Å²) in [5.74, 6) is -0.0735. The van der Waals surface area contributed by atoms with Crippen LogP contribution in [-0.2, 0) is 14.3 Å². The molecule has 2 aliphatic heterocycles. The number of fused-ring (bicyclic) bond motifs is 3. The molecule has 0 bridgehead atoms. The van der Waals surface area contributed by atoms with E-state index in [4.69, 9.17) is 9.73 Å². The predicted molar refractivity (Wildman–Crippen MR) is 133 cm³/mol. The van der Waals surface area contributed by atoms with Gasteiger partial charge in [0.2, 0.25) is 0 Å². The number of carboxylic acid groups (broad SMARTS) is 1. The van der Waals surface area contributed by atoms with Gasteiger partial charge in [-0.2, -0.15) is 0 Å². The molecule has 2 atom stereocenters. The second kappa shape index (κ2) is 8.92.